The highest BCUT2D eigenvalue weighted by Crippen LogP contribution is 2.30. The molecule has 0 fully saturated rings. The second-order valence-corrected chi connectivity index (χ2v) is 7.73. The molecule has 0 amide bonds. The number of hydrogen-bond donors (Lipinski definition) is 0. The Hall–Kier alpha value is -2.14. The zero-order valence-electron chi connectivity index (χ0n) is 14.3. The van der Waals surface area contributed by atoms with Crippen LogP contribution in [0.1, 0.15) is 0 Å². The fraction of sp³-hybridized carbons (Fsp3) is 0.0952. The molecule has 4 rings (SSSR count). The second-order valence-electron chi connectivity index (χ2n) is 5.83. The van der Waals surface area contributed by atoms with Gasteiger partial charge in [-0.15, -0.1) is 0 Å². The molecular weight excluding hydrogens is 399 g/mol. The Labute approximate surface area is 171 Å². The standard InChI is InChI=1S/C21H16Cl2N2OS/c22-15-10-11-20(17(23)14-15)26-12-13-27-21-24-18-8-4-5-9-19(18)25(21)16-6-2-1-3-7-16/h1-11,14H,12-13H2. The van der Waals surface area contributed by atoms with Crippen molar-refractivity contribution in [2.45, 2.75) is 5.16 Å². The van der Waals surface area contributed by atoms with Crippen LogP contribution in [-0.4, -0.2) is 21.9 Å². The van der Waals surface area contributed by atoms with E-state index in [2.05, 4.69) is 22.8 Å². The third-order valence-corrected chi connectivity index (χ3v) is 5.44. The maximum Gasteiger partial charge on any atom is 0.173 e. The van der Waals surface area contributed by atoms with Crippen LogP contribution in [0.5, 0.6) is 5.75 Å². The predicted octanol–water partition coefficient (Wildman–Crippen LogP) is 6.50. The van der Waals surface area contributed by atoms with Gasteiger partial charge in [-0.25, -0.2) is 4.98 Å². The molecule has 3 nitrogen and oxygen atoms in total. The molecule has 0 N–H and O–H groups in total. The van der Waals surface area contributed by atoms with Gasteiger partial charge in [-0.05, 0) is 42.5 Å². The monoisotopic (exact) mass is 414 g/mol. The Morgan fingerprint density at radius 1 is 0.926 bits per heavy atom. The number of aromatic nitrogens is 2. The largest absolute Gasteiger partial charge is 0.491 e. The van der Waals surface area contributed by atoms with Gasteiger partial charge in [-0.1, -0.05) is 65.3 Å². The van der Waals surface area contributed by atoms with Gasteiger partial charge in [0.15, 0.2) is 5.16 Å². The molecule has 0 bridgehead atoms. The molecule has 6 heteroatoms. The lowest BCUT2D eigenvalue weighted by Crippen LogP contribution is -2.03. The van der Waals surface area contributed by atoms with E-state index in [9.17, 15) is 0 Å². The molecule has 0 aliphatic carbocycles. The molecule has 0 aliphatic heterocycles. The van der Waals surface area contributed by atoms with Gasteiger partial charge < -0.3 is 4.74 Å². The second kappa shape index (κ2) is 8.26. The first-order valence-corrected chi connectivity index (χ1v) is 10.2. The van der Waals surface area contributed by atoms with Gasteiger partial charge in [0.05, 0.1) is 22.7 Å². The van der Waals surface area contributed by atoms with E-state index >= 15 is 0 Å². The molecule has 1 heterocycles. The highest BCUT2D eigenvalue weighted by molar-refractivity contribution is 7.99. The summed E-state index contributed by atoms with van der Waals surface area (Å²) in [5.74, 6) is 1.38. The molecule has 0 atom stereocenters. The first kappa shape index (κ1) is 18.2. The van der Waals surface area contributed by atoms with Crippen LogP contribution < -0.4 is 4.74 Å². The number of thioether (sulfide) groups is 1. The molecule has 0 spiro atoms. The Morgan fingerprint density at radius 2 is 1.70 bits per heavy atom. The van der Waals surface area contributed by atoms with Crippen molar-refractivity contribution < 1.29 is 4.74 Å². The number of imidazole rings is 1. The summed E-state index contributed by atoms with van der Waals surface area (Å²) >= 11 is 13.7. The minimum atomic E-state index is 0.518. The van der Waals surface area contributed by atoms with E-state index < -0.39 is 0 Å². The van der Waals surface area contributed by atoms with Crippen molar-refractivity contribution in [2.24, 2.45) is 0 Å². The number of para-hydroxylation sites is 3. The molecule has 0 saturated heterocycles. The Kier molecular flexibility index (Phi) is 5.58. The smallest absolute Gasteiger partial charge is 0.173 e. The highest BCUT2D eigenvalue weighted by atomic mass is 35.5. The maximum atomic E-state index is 6.15. The van der Waals surface area contributed by atoms with Gasteiger partial charge >= 0.3 is 0 Å². The van der Waals surface area contributed by atoms with Crippen molar-refractivity contribution in [3.63, 3.8) is 0 Å². The topological polar surface area (TPSA) is 27.1 Å². The van der Waals surface area contributed by atoms with Gasteiger partial charge in [0.25, 0.3) is 0 Å². The first-order chi connectivity index (χ1) is 13.2. The number of hydrogen-bond acceptors (Lipinski definition) is 3. The van der Waals surface area contributed by atoms with Gasteiger partial charge in [-0.2, -0.15) is 0 Å². The summed E-state index contributed by atoms with van der Waals surface area (Å²) in [6.07, 6.45) is 0. The average molecular weight is 415 g/mol. The normalized spacial score (nSPS) is 11.0. The van der Waals surface area contributed by atoms with Crippen LogP contribution in [-0.2, 0) is 0 Å². The summed E-state index contributed by atoms with van der Waals surface area (Å²) in [4.78, 5) is 4.79. The minimum absolute atomic E-state index is 0.518. The van der Waals surface area contributed by atoms with Crippen molar-refractivity contribution in [3.05, 3.63) is 82.8 Å². The van der Waals surface area contributed by atoms with E-state index in [1.807, 2.05) is 36.4 Å². The summed E-state index contributed by atoms with van der Waals surface area (Å²) in [6, 6.07) is 23.6. The quantitative estimate of drug-likeness (QED) is 0.266. The van der Waals surface area contributed by atoms with Gasteiger partial charge in [-0.3, -0.25) is 4.57 Å². The predicted molar refractivity (Wildman–Crippen MR) is 114 cm³/mol. The summed E-state index contributed by atoms with van der Waals surface area (Å²) in [5.41, 5.74) is 3.16. The van der Waals surface area contributed by atoms with E-state index in [-0.39, 0.29) is 0 Å². The van der Waals surface area contributed by atoms with E-state index in [1.54, 1.807) is 30.0 Å². The van der Waals surface area contributed by atoms with Crippen molar-refractivity contribution in [1.29, 1.82) is 0 Å². The maximum absolute atomic E-state index is 6.15. The van der Waals surface area contributed by atoms with Crippen LogP contribution in [0.3, 0.4) is 0 Å². The van der Waals surface area contributed by atoms with Gasteiger partial charge in [0.2, 0.25) is 0 Å². The molecule has 0 aliphatic rings. The Morgan fingerprint density at radius 3 is 2.52 bits per heavy atom. The van der Waals surface area contributed by atoms with Crippen LogP contribution in [0.25, 0.3) is 16.7 Å². The summed E-state index contributed by atoms with van der Waals surface area (Å²) in [7, 11) is 0. The van der Waals surface area contributed by atoms with Crippen LogP contribution >= 0.6 is 35.0 Å². The van der Waals surface area contributed by atoms with Gasteiger partial charge in [0, 0.05) is 16.5 Å². The SMILES string of the molecule is Clc1ccc(OCCSc2nc3ccccc3n2-c2ccccc2)c(Cl)c1. The highest BCUT2D eigenvalue weighted by Gasteiger charge is 2.12. The van der Waals surface area contributed by atoms with E-state index in [1.165, 1.54) is 0 Å². The van der Waals surface area contributed by atoms with Crippen LogP contribution in [0.4, 0.5) is 0 Å². The lowest BCUT2D eigenvalue weighted by Gasteiger charge is -2.10. The first-order valence-electron chi connectivity index (χ1n) is 8.46. The molecule has 0 saturated carbocycles. The fourth-order valence-electron chi connectivity index (χ4n) is 2.80. The third-order valence-electron chi connectivity index (χ3n) is 4.01. The zero-order valence-corrected chi connectivity index (χ0v) is 16.6. The summed E-state index contributed by atoms with van der Waals surface area (Å²) in [5, 5.41) is 2.05. The van der Waals surface area contributed by atoms with Crippen molar-refractivity contribution in [3.8, 4) is 11.4 Å². The van der Waals surface area contributed by atoms with Crippen LogP contribution in [0, 0.1) is 0 Å². The fourth-order valence-corrected chi connectivity index (χ4v) is 4.11. The molecule has 1 aromatic heterocycles. The molecule has 4 aromatic rings. The van der Waals surface area contributed by atoms with Crippen molar-refractivity contribution in [2.75, 3.05) is 12.4 Å². The Balaban J connectivity index is 1.52. The minimum Gasteiger partial charge on any atom is -0.491 e. The number of rotatable bonds is 6. The van der Waals surface area contributed by atoms with E-state index in [0.29, 0.717) is 22.4 Å². The molecule has 3 aromatic carbocycles. The van der Waals surface area contributed by atoms with E-state index in [0.717, 1.165) is 27.6 Å². The lowest BCUT2D eigenvalue weighted by molar-refractivity contribution is 0.344. The number of benzene rings is 3. The molecule has 0 radical (unpaired) electrons. The summed E-state index contributed by atoms with van der Waals surface area (Å²) < 4.78 is 7.96. The molecule has 136 valence electrons. The molecule has 27 heavy (non-hydrogen) atoms. The zero-order chi connectivity index (χ0) is 18.6. The number of halogens is 2. The third kappa shape index (κ3) is 4.08. The number of nitrogens with zero attached hydrogens (tertiary/aromatic N) is 2. The van der Waals surface area contributed by atoms with Crippen LogP contribution in [0.15, 0.2) is 78.0 Å². The van der Waals surface area contributed by atoms with Gasteiger partial charge in [0.1, 0.15) is 5.75 Å². The van der Waals surface area contributed by atoms with E-state index in [4.69, 9.17) is 32.9 Å². The summed E-state index contributed by atoms with van der Waals surface area (Å²) in [6.45, 7) is 0.518. The van der Waals surface area contributed by atoms with Crippen molar-refractivity contribution >= 4 is 46.0 Å². The van der Waals surface area contributed by atoms with Crippen LogP contribution in [0.2, 0.25) is 10.0 Å². The molecular formula is C21H16Cl2N2OS. The Bertz CT molecular complexity index is 1070. The van der Waals surface area contributed by atoms with Crippen molar-refractivity contribution in [1.82, 2.24) is 9.55 Å². The number of ether oxygens (including phenoxy) is 1. The average Bonchev–Trinajstić information content (AvgIpc) is 3.05. The lowest BCUT2D eigenvalue weighted by atomic mass is 10.3. The molecule has 0 unspecified atom stereocenters. The number of fused-ring (bicyclic) bond motifs is 1.